The summed E-state index contributed by atoms with van der Waals surface area (Å²) >= 11 is 1.18. The summed E-state index contributed by atoms with van der Waals surface area (Å²) < 4.78 is 16.9. The van der Waals surface area contributed by atoms with Crippen molar-refractivity contribution in [3.8, 4) is 5.75 Å². The summed E-state index contributed by atoms with van der Waals surface area (Å²) in [7, 11) is 0. The van der Waals surface area contributed by atoms with Gasteiger partial charge in [-0.25, -0.2) is 10.1 Å². The van der Waals surface area contributed by atoms with E-state index in [0.717, 1.165) is 12.2 Å². The van der Waals surface area contributed by atoms with Gasteiger partial charge in [0.2, 0.25) is 0 Å². The first-order valence-electron chi connectivity index (χ1n) is 4.42. The highest BCUT2D eigenvalue weighted by molar-refractivity contribution is 8.56. The standard InChI is InChI=1S/C9H14NO2PS/c1-2-8-14-13(10,11)12-9-6-4-3-5-7-9/h3-7H,2,8H2,1H3,(H2,10,11). The topological polar surface area (TPSA) is 52.3 Å². The zero-order valence-corrected chi connectivity index (χ0v) is 9.76. The lowest BCUT2D eigenvalue weighted by atomic mass is 10.3. The van der Waals surface area contributed by atoms with Gasteiger partial charge in [0.15, 0.2) is 0 Å². The van der Waals surface area contributed by atoms with Gasteiger partial charge in [0.1, 0.15) is 5.75 Å². The molecule has 0 saturated carbocycles. The van der Waals surface area contributed by atoms with Crippen LogP contribution in [0.15, 0.2) is 30.3 Å². The van der Waals surface area contributed by atoms with Crippen molar-refractivity contribution in [3.05, 3.63) is 30.3 Å². The van der Waals surface area contributed by atoms with Crippen LogP contribution in [0, 0.1) is 0 Å². The Morgan fingerprint density at radius 2 is 2.07 bits per heavy atom. The van der Waals surface area contributed by atoms with E-state index in [1.807, 2.05) is 25.1 Å². The van der Waals surface area contributed by atoms with E-state index < -0.39 is 6.72 Å². The first-order chi connectivity index (χ1) is 6.64. The predicted octanol–water partition coefficient (Wildman–Crippen LogP) is 3.28. The highest BCUT2D eigenvalue weighted by Gasteiger charge is 2.18. The Morgan fingerprint density at radius 3 is 2.64 bits per heavy atom. The van der Waals surface area contributed by atoms with Gasteiger partial charge >= 0.3 is 6.72 Å². The molecule has 5 heteroatoms. The molecule has 0 aromatic heterocycles. The first-order valence-corrected chi connectivity index (χ1v) is 7.70. The van der Waals surface area contributed by atoms with Gasteiger partial charge in [0.25, 0.3) is 0 Å². The van der Waals surface area contributed by atoms with Crippen LogP contribution in [-0.4, -0.2) is 5.75 Å². The van der Waals surface area contributed by atoms with Crippen LogP contribution in [0.5, 0.6) is 5.75 Å². The predicted molar refractivity (Wildman–Crippen MR) is 61.6 cm³/mol. The number of rotatable bonds is 5. The molecule has 2 N–H and O–H groups in total. The molecule has 0 bridgehead atoms. The van der Waals surface area contributed by atoms with Gasteiger partial charge in [-0.05, 0) is 29.9 Å². The molecule has 0 aliphatic heterocycles. The number of benzene rings is 1. The zero-order chi connectivity index (χ0) is 10.4. The van der Waals surface area contributed by atoms with Gasteiger partial charge in [0, 0.05) is 5.75 Å². The van der Waals surface area contributed by atoms with Crippen LogP contribution in [-0.2, 0) is 4.57 Å². The molecule has 1 aromatic carbocycles. The normalized spacial score (nSPS) is 14.7. The Hall–Kier alpha value is -0.440. The number of para-hydroxylation sites is 1. The minimum Gasteiger partial charge on any atom is -0.426 e. The quantitative estimate of drug-likeness (QED) is 0.790. The molecule has 78 valence electrons. The lowest BCUT2D eigenvalue weighted by Gasteiger charge is -2.12. The molecule has 0 saturated heterocycles. The molecule has 1 rings (SSSR count). The monoisotopic (exact) mass is 231 g/mol. The summed E-state index contributed by atoms with van der Waals surface area (Å²) in [6.07, 6.45) is 0.935. The summed E-state index contributed by atoms with van der Waals surface area (Å²) in [6.45, 7) is -1.00. The van der Waals surface area contributed by atoms with E-state index in [2.05, 4.69) is 0 Å². The van der Waals surface area contributed by atoms with E-state index in [9.17, 15) is 4.57 Å². The first kappa shape index (κ1) is 11.6. The fourth-order valence-electron chi connectivity index (χ4n) is 0.873. The molecule has 0 radical (unpaired) electrons. The molecular formula is C9H14NO2PS. The maximum atomic E-state index is 11.7. The van der Waals surface area contributed by atoms with E-state index >= 15 is 0 Å². The largest absolute Gasteiger partial charge is 0.426 e. The molecule has 1 aromatic rings. The molecule has 0 fully saturated rings. The van der Waals surface area contributed by atoms with Crippen molar-refractivity contribution in [2.45, 2.75) is 13.3 Å². The van der Waals surface area contributed by atoms with Crippen molar-refractivity contribution in [1.29, 1.82) is 0 Å². The maximum absolute atomic E-state index is 11.7. The van der Waals surface area contributed by atoms with Crippen LogP contribution >= 0.6 is 18.1 Å². The second-order valence-electron chi connectivity index (χ2n) is 2.78. The van der Waals surface area contributed by atoms with Crippen molar-refractivity contribution < 1.29 is 9.09 Å². The number of nitrogens with two attached hydrogens (primary N) is 1. The molecule has 3 nitrogen and oxygen atoms in total. The van der Waals surface area contributed by atoms with Crippen LogP contribution < -0.4 is 10.0 Å². The van der Waals surface area contributed by atoms with Crippen LogP contribution in [0.2, 0.25) is 0 Å². The van der Waals surface area contributed by atoms with Crippen molar-refractivity contribution in [3.63, 3.8) is 0 Å². The van der Waals surface area contributed by atoms with Gasteiger partial charge in [0.05, 0.1) is 0 Å². The van der Waals surface area contributed by atoms with Gasteiger partial charge in [-0.1, -0.05) is 25.1 Å². The van der Waals surface area contributed by atoms with E-state index in [4.69, 9.17) is 10.0 Å². The van der Waals surface area contributed by atoms with Crippen LogP contribution in [0.3, 0.4) is 0 Å². The average Bonchev–Trinajstić information content (AvgIpc) is 2.16. The third kappa shape index (κ3) is 4.18. The van der Waals surface area contributed by atoms with Crippen LogP contribution in [0.1, 0.15) is 13.3 Å². The molecule has 1 unspecified atom stereocenters. The van der Waals surface area contributed by atoms with Gasteiger partial charge < -0.3 is 4.52 Å². The number of hydrogen-bond acceptors (Lipinski definition) is 3. The summed E-state index contributed by atoms with van der Waals surface area (Å²) in [5, 5.41) is 0. The SMILES string of the molecule is CCCSP(N)(=O)Oc1ccccc1. The molecule has 14 heavy (non-hydrogen) atoms. The zero-order valence-electron chi connectivity index (χ0n) is 8.05. The highest BCUT2D eigenvalue weighted by Crippen LogP contribution is 2.51. The minimum absolute atomic E-state index is 0.557. The van der Waals surface area contributed by atoms with Crippen LogP contribution in [0.4, 0.5) is 0 Å². The van der Waals surface area contributed by atoms with Gasteiger partial charge in [-0.2, -0.15) is 0 Å². The second-order valence-corrected chi connectivity index (χ2v) is 7.01. The number of hydrogen-bond donors (Lipinski definition) is 1. The van der Waals surface area contributed by atoms with E-state index in [0.29, 0.717) is 5.75 Å². The fourth-order valence-corrected chi connectivity index (χ4v) is 3.51. The molecule has 0 aliphatic rings. The average molecular weight is 231 g/mol. The maximum Gasteiger partial charge on any atom is 0.371 e. The molecule has 0 aliphatic carbocycles. The fraction of sp³-hybridized carbons (Fsp3) is 0.333. The lowest BCUT2D eigenvalue weighted by molar-refractivity contribution is 0.500. The van der Waals surface area contributed by atoms with Crippen molar-refractivity contribution in [2.24, 2.45) is 5.50 Å². The van der Waals surface area contributed by atoms with E-state index in [1.165, 1.54) is 11.4 Å². The summed E-state index contributed by atoms with van der Waals surface area (Å²) in [5.74, 6) is 1.31. The lowest BCUT2D eigenvalue weighted by Crippen LogP contribution is -1.99. The molecule has 0 heterocycles. The van der Waals surface area contributed by atoms with Crippen molar-refractivity contribution in [1.82, 2.24) is 0 Å². The molecule has 0 amide bonds. The van der Waals surface area contributed by atoms with Crippen molar-refractivity contribution in [2.75, 3.05) is 5.75 Å². The summed E-state index contributed by atoms with van der Waals surface area (Å²) in [4.78, 5) is 0. The smallest absolute Gasteiger partial charge is 0.371 e. The van der Waals surface area contributed by atoms with E-state index in [1.54, 1.807) is 12.1 Å². The molecule has 1 atom stereocenters. The Kier molecular flexibility index (Phi) is 4.52. The third-order valence-electron chi connectivity index (χ3n) is 1.45. The highest BCUT2D eigenvalue weighted by atomic mass is 32.7. The second kappa shape index (κ2) is 5.44. The minimum atomic E-state index is -3.01. The third-order valence-corrected chi connectivity index (χ3v) is 4.72. The van der Waals surface area contributed by atoms with Crippen molar-refractivity contribution >= 4 is 18.1 Å². The van der Waals surface area contributed by atoms with Gasteiger partial charge in [-0.3, -0.25) is 0 Å². The van der Waals surface area contributed by atoms with E-state index in [-0.39, 0.29) is 0 Å². The Balaban J connectivity index is 2.55. The van der Waals surface area contributed by atoms with Gasteiger partial charge in [-0.15, -0.1) is 0 Å². The Labute approximate surface area is 88.3 Å². The molecular weight excluding hydrogens is 217 g/mol. The summed E-state index contributed by atoms with van der Waals surface area (Å²) in [6, 6.07) is 8.99. The van der Waals surface area contributed by atoms with Crippen LogP contribution in [0.25, 0.3) is 0 Å². The molecule has 0 spiro atoms. The Morgan fingerprint density at radius 1 is 1.43 bits per heavy atom. The Bertz CT molecular complexity index is 318. The summed E-state index contributed by atoms with van der Waals surface area (Å²) in [5.41, 5.74) is 5.53.